The molecule has 9 nitrogen and oxygen atoms in total. The largest absolute Gasteiger partial charge is 0.379 e. The van der Waals surface area contributed by atoms with E-state index in [4.69, 9.17) is 4.74 Å². The maximum Gasteiger partial charge on any atom is 0.225 e. The average molecular weight is 630 g/mol. The SMILES string of the molecule is CCN(C1CCC(NC(C)=O)CC1)C1CC(C(=O)NCC2C(=O)NC(C)CC2C)CC(C2CCC(CN3CCOCC3)CC2)C1. The minimum Gasteiger partial charge on any atom is -0.379 e. The summed E-state index contributed by atoms with van der Waals surface area (Å²) in [7, 11) is 0. The van der Waals surface area contributed by atoms with Crippen LogP contribution in [0.25, 0.3) is 0 Å². The fourth-order valence-electron chi connectivity index (χ4n) is 9.88. The van der Waals surface area contributed by atoms with Crippen LogP contribution in [0.3, 0.4) is 0 Å². The summed E-state index contributed by atoms with van der Waals surface area (Å²) in [5.41, 5.74) is 0. The van der Waals surface area contributed by atoms with Gasteiger partial charge in [-0.2, -0.15) is 0 Å². The number of carbonyl (C=O) groups is 3. The molecule has 2 saturated heterocycles. The van der Waals surface area contributed by atoms with E-state index < -0.39 is 0 Å². The second-order valence-corrected chi connectivity index (χ2v) is 15.5. The number of morpholine rings is 1. The topological polar surface area (TPSA) is 103 Å². The minimum atomic E-state index is -0.145. The lowest BCUT2D eigenvalue weighted by Gasteiger charge is -2.48. The Bertz CT molecular complexity index is 972. The van der Waals surface area contributed by atoms with Crippen LogP contribution in [0.1, 0.15) is 105 Å². The van der Waals surface area contributed by atoms with Gasteiger partial charge < -0.3 is 20.7 Å². The van der Waals surface area contributed by atoms with E-state index in [9.17, 15) is 14.4 Å². The molecular formula is C36H63N5O4. The van der Waals surface area contributed by atoms with Crippen molar-refractivity contribution >= 4 is 17.7 Å². The minimum absolute atomic E-state index is 0.00507. The van der Waals surface area contributed by atoms with Crippen LogP contribution in [-0.2, 0) is 19.1 Å². The maximum absolute atomic E-state index is 13.9. The second kappa shape index (κ2) is 16.4. The fourth-order valence-corrected chi connectivity index (χ4v) is 9.88. The van der Waals surface area contributed by atoms with Crippen molar-refractivity contribution in [1.82, 2.24) is 25.8 Å². The first-order valence-electron chi connectivity index (χ1n) is 18.6. The molecule has 3 N–H and O–H groups in total. The van der Waals surface area contributed by atoms with Crippen molar-refractivity contribution in [3.63, 3.8) is 0 Å². The molecule has 3 amide bonds. The molecule has 9 heteroatoms. The molecule has 6 unspecified atom stereocenters. The summed E-state index contributed by atoms with van der Waals surface area (Å²) in [6.45, 7) is 14.7. The highest BCUT2D eigenvalue weighted by Crippen LogP contribution is 2.44. The van der Waals surface area contributed by atoms with Gasteiger partial charge in [0, 0.05) is 63.2 Å². The van der Waals surface area contributed by atoms with Crippen LogP contribution in [0.15, 0.2) is 0 Å². The monoisotopic (exact) mass is 629 g/mol. The zero-order chi connectivity index (χ0) is 31.9. The third-order valence-corrected chi connectivity index (χ3v) is 12.3. The van der Waals surface area contributed by atoms with Crippen molar-refractivity contribution < 1.29 is 19.1 Å². The second-order valence-electron chi connectivity index (χ2n) is 15.5. The quantitative estimate of drug-likeness (QED) is 0.338. The number of amides is 3. The average Bonchev–Trinajstić information content (AvgIpc) is 3.02. The molecule has 0 radical (unpaired) electrons. The first-order valence-corrected chi connectivity index (χ1v) is 18.6. The number of carbonyl (C=O) groups excluding carboxylic acids is 3. The molecule has 45 heavy (non-hydrogen) atoms. The lowest BCUT2D eigenvalue weighted by atomic mass is 9.66. The van der Waals surface area contributed by atoms with E-state index in [0.29, 0.717) is 36.5 Å². The summed E-state index contributed by atoms with van der Waals surface area (Å²) in [6, 6.07) is 1.43. The highest BCUT2D eigenvalue weighted by Gasteiger charge is 2.42. The normalized spacial score (nSPS) is 38.4. The molecule has 5 aliphatic rings. The summed E-state index contributed by atoms with van der Waals surface area (Å²) in [5, 5.41) is 9.51. The predicted octanol–water partition coefficient (Wildman–Crippen LogP) is 3.96. The van der Waals surface area contributed by atoms with Crippen LogP contribution in [0.5, 0.6) is 0 Å². The van der Waals surface area contributed by atoms with Crippen LogP contribution in [0, 0.1) is 35.5 Å². The molecule has 5 fully saturated rings. The van der Waals surface area contributed by atoms with Crippen LogP contribution >= 0.6 is 0 Å². The van der Waals surface area contributed by atoms with Gasteiger partial charge in [0.05, 0.1) is 19.1 Å². The number of nitrogens with zero attached hydrogens (tertiary/aromatic N) is 2. The first-order chi connectivity index (χ1) is 21.7. The Morgan fingerprint density at radius 1 is 0.911 bits per heavy atom. The third kappa shape index (κ3) is 9.44. The van der Waals surface area contributed by atoms with Crippen molar-refractivity contribution in [1.29, 1.82) is 0 Å². The van der Waals surface area contributed by atoms with Crippen molar-refractivity contribution in [2.45, 2.75) is 129 Å². The Kier molecular flexibility index (Phi) is 12.6. The third-order valence-electron chi connectivity index (χ3n) is 12.3. The molecular weight excluding hydrogens is 566 g/mol. The molecule has 0 aromatic heterocycles. The van der Waals surface area contributed by atoms with Crippen LogP contribution in [-0.4, -0.2) is 97.6 Å². The summed E-state index contributed by atoms with van der Waals surface area (Å²) in [5.74, 6) is 2.52. The molecule has 0 aromatic carbocycles. The van der Waals surface area contributed by atoms with E-state index in [1.165, 1.54) is 38.6 Å². The first kappa shape index (κ1) is 34.6. The molecule has 6 atom stereocenters. The molecule has 3 aliphatic carbocycles. The van der Waals surface area contributed by atoms with E-state index in [1.807, 2.05) is 0 Å². The number of piperidine rings is 1. The Balaban J connectivity index is 1.22. The summed E-state index contributed by atoms with van der Waals surface area (Å²) in [6.07, 6.45) is 13.5. The summed E-state index contributed by atoms with van der Waals surface area (Å²) >= 11 is 0. The maximum atomic E-state index is 13.9. The Hall–Kier alpha value is -1.71. The predicted molar refractivity (Wildman–Crippen MR) is 177 cm³/mol. The van der Waals surface area contributed by atoms with E-state index in [-0.39, 0.29) is 41.5 Å². The lowest BCUT2D eigenvalue weighted by Crippen LogP contribution is -2.53. The highest BCUT2D eigenvalue weighted by molar-refractivity contribution is 5.82. The van der Waals surface area contributed by atoms with E-state index >= 15 is 0 Å². The van der Waals surface area contributed by atoms with Crippen molar-refractivity contribution in [3.05, 3.63) is 0 Å². The number of hydrogen-bond donors (Lipinski definition) is 3. The molecule has 0 bridgehead atoms. The number of hydrogen-bond acceptors (Lipinski definition) is 6. The van der Waals surface area contributed by atoms with Crippen molar-refractivity contribution in [3.8, 4) is 0 Å². The number of ether oxygens (including phenoxy) is 1. The van der Waals surface area contributed by atoms with Gasteiger partial charge in [0.2, 0.25) is 17.7 Å². The zero-order valence-corrected chi connectivity index (χ0v) is 28.7. The van der Waals surface area contributed by atoms with Gasteiger partial charge in [-0.25, -0.2) is 0 Å². The molecule has 0 spiro atoms. The van der Waals surface area contributed by atoms with Gasteiger partial charge in [0.25, 0.3) is 0 Å². The van der Waals surface area contributed by atoms with Crippen LogP contribution in [0.4, 0.5) is 0 Å². The molecule has 2 aliphatic heterocycles. The summed E-state index contributed by atoms with van der Waals surface area (Å²) < 4.78 is 5.57. The van der Waals surface area contributed by atoms with Crippen LogP contribution in [0.2, 0.25) is 0 Å². The van der Waals surface area contributed by atoms with E-state index in [0.717, 1.165) is 83.7 Å². The lowest BCUT2D eigenvalue weighted by molar-refractivity contribution is -0.131. The van der Waals surface area contributed by atoms with Gasteiger partial charge in [-0.3, -0.25) is 24.2 Å². The molecule has 3 saturated carbocycles. The highest BCUT2D eigenvalue weighted by atomic mass is 16.5. The van der Waals surface area contributed by atoms with Gasteiger partial charge in [0.15, 0.2) is 0 Å². The smallest absolute Gasteiger partial charge is 0.225 e. The van der Waals surface area contributed by atoms with Gasteiger partial charge in [0.1, 0.15) is 0 Å². The zero-order valence-electron chi connectivity index (χ0n) is 28.7. The molecule has 5 rings (SSSR count). The molecule has 0 aromatic rings. The number of rotatable bonds is 10. The fraction of sp³-hybridized carbons (Fsp3) is 0.917. The number of nitrogens with one attached hydrogen (secondary N) is 3. The Labute approximate surface area is 272 Å². The van der Waals surface area contributed by atoms with Gasteiger partial charge in [-0.1, -0.05) is 13.8 Å². The van der Waals surface area contributed by atoms with Gasteiger partial charge in [-0.05, 0) is 114 Å². The van der Waals surface area contributed by atoms with Crippen molar-refractivity contribution in [2.75, 3.05) is 45.9 Å². The standard InChI is InChI=1S/C36H63N5O4/c1-5-41(32-12-10-31(11-13-32)39-26(4)42)33-20-29(28-8-6-27(7-9-28)23-40-14-16-45-17-15-40)19-30(21-33)35(43)37-22-34-24(2)18-25(3)38-36(34)44/h24-25,27-34H,5-23H2,1-4H3,(H,37,43)(H,38,44)(H,39,42). The Morgan fingerprint density at radius 3 is 2.27 bits per heavy atom. The van der Waals surface area contributed by atoms with E-state index in [2.05, 4.69) is 46.5 Å². The van der Waals surface area contributed by atoms with E-state index in [1.54, 1.807) is 6.92 Å². The summed E-state index contributed by atoms with van der Waals surface area (Å²) in [4.78, 5) is 43.6. The van der Waals surface area contributed by atoms with Gasteiger partial charge in [-0.15, -0.1) is 0 Å². The van der Waals surface area contributed by atoms with Crippen molar-refractivity contribution in [2.24, 2.45) is 35.5 Å². The van der Waals surface area contributed by atoms with Crippen LogP contribution < -0.4 is 16.0 Å². The Morgan fingerprint density at radius 2 is 1.62 bits per heavy atom. The molecule has 256 valence electrons. The van der Waals surface area contributed by atoms with Gasteiger partial charge >= 0.3 is 0 Å². The molecule has 2 heterocycles.